The van der Waals surface area contributed by atoms with E-state index in [0.29, 0.717) is 5.92 Å². The van der Waals surface area contributed by atoms with Crippen LogP contribution in [0.1, 0.15) is 32.3 Å². The highest BCUT2D eigenvalue weighted by Crippen LogP contribution is 2.08. The van der Waals surface area contributed by atoms with E-state index in [1.165, 1.54) is 12.0 Å². The molecule has 1 aliphatic rings. The lowest BCUT2D eigenvalue weighted by molar-refractivity contribution is 0.135. The van der Waals surface area contributed by atoms with Crippen LogP contribution in [0.4, 0.5) is 4.79 Å². The summed E-state index contributed by atoms with van der Waals surface area (Å²) >= 11 is 0. The second-order valence-electron chi connectivity index (χ2n) is 6.52. The van der Waals surface area contributed by atoms with Crippen LogP contribution in [-0.2, 0) is 6.54 Å². The fraction of sp³-hybridized carbons (Fsp3) is 0.611. The van der Waals surface area contributed by atoms with Gasteiger partial charge in [0.1, 0.15) is 0 Å². The third-order valence-electron chi connectivity index (χ3n) is 4.14. The first kappa shape index (κ1) is 16.8. The number of nitrogens with zero attached hydrogens (tertiary/aromatic N) is 2. The summed E-state index contributed by atoms with van der Waals surface area (Å²) in [5, 5.41) is 3.04. The van der Waals surface area contributed by atoms with Gasteiger partial charge < -0.3 is 10.2 Å². The smallest absolute Gasteiger partial charge is 0.317 e. The number of hydrogen-bond acceptors (Lipinski definition) is 2. The molecule has 1 fully saturated rings. The Kier molecular flexibility index (Phi) is 6.72. The van der Waals surface area contributed by atoms with E-state index in [4.69, 9.17) is 0 Å². The van der Waals surface area contributed by atoms with Crippen molar-refractivity contribution >= 4 is 6.03 Å². The van der Waals surface area contributed by atoms with Crippen molar-refractivity contribution in [3.8, 4) is 0 Å². The van der Waals surface area contributed by atoms with Crippen molar-refractivity contribution in [3.05, 3.63) is 35.9 Å². The molecule has 0 saturated carbocycles. The van der Waals surface area contributed by atoms with E-state index < -0.39 is 0 Å². The summed E-state index contributed by atoms with van der Waals surface area (Å²) in [5.41, 5.74) is 1.34. The second-order valence-corrected chi connectivity index (χ2v) is 6.52. The van der Waals surface area contributed by atoms with Crippen molar-refractivity contribution in [3.63, 3.8) is 0 Å². The minimum Gasteiger partial charge on any atom is -0.338 e. The SMILES string of the molecule is CC(C)CCCNC(=O)N1CCN(Cc2ccccc2)CC1. The van der Waals surface area contributed by atoms with Crippen LogP contribution in [0.15, 0.2) is 30.3 Å². The molecule has 1 saturated heterocycles. The van der Waals surface area contributed by atoms with Gasteiger partial charge in [0.15, 0.2) is 0 Å². The minimum absolute atomic E-state index is 0.100. The summed E-state index contributed by atoms with van der Waals surface area (Å²) in [4.78, 5) is 16.5. The van der Waals surface area contributed by atoms with Crippen molar-refractivity contribution in [2.45, 2.75) is 33.2 Å². The van der Waals surface area contributed by atoms with Gasteiger partial charge in [-0.3, -0.25) is 4.90 Å². The molecule has 2 amide bonds. The maximum Gasteiger partial charge on any atom is 0.317 e. The van der Waals surface area contributed by atoms with Crippen LogP contribution in [0.3, 0.4) is 0 Å². The van der Waals surface area contributed by atoms with Crippen LogP contribution in [0.2, 0.25) is 0 Å². The Balaban J connectivity index is 1.65. The zero-order valence-electron chi connectivity index (χ0n) is 13.9. The third-order valence-corrected chi connectivity index (χ3v) is 4.14. The topological polar surface area (TPSA) is 35.6 Å². The Morgan fingerprint density at radius 1 is 1.14 bits per heavy atom. The number of urea groups is 1. The molecular weight excluding hydrogens is 274 g/mol. The number of nitrogens with one attached hydrogen (secondary N) is 1. The molecular formula is C18H29N3O. The minimum atomic E-state index is 0.100. The van der Waals surface area contributed by atoms with Gasteiger partial charge in [0.05, 0.1) is 0 Å². The molecule has 0 aliphatic carbocycles. The Morgan fingerprint density at radius 2 is 1.82 bits per heavy atom. The molecule has 1 heterocycles. The second kappa shape index (κ2) is 8.79. The standard InChI is InChI=1S/C18H29N3O/c1-16(2)7-6-10-19-18(22)21-13-11-20(12-14-21)15-17-8-4-3-5-9-17/h3-5,8-9,16H,6-7,10-15H2,1-2H3,(H,19,22). The number of piperazine rings is 1. The van der Waals surface area contributed by atoms with E-state index in [-0.39, 0.29) is 6.03 Å². The lowest BCUT2D eigenvalue weighted by Gasteiger charge is -2.34. The highest BCUT2D eigenvalue weighted by molar-refractivity contribution is 5.74. The van der Waals surface area contributed by atoms with Crippen LogP contribution < -0.4 is 5.32 Å². The van der Waals surface area contributed by atoms with Gasteiger partial charge in [-0.2, -0.15) is 0 Å². The van der Waals surface area contributed by atoms with E-state index in [0.717, 1.165) is 45.7 Å². The largest absolute Gasteiger partial charge is 0.338 e. The highest BCUT2D eigenvalue weighted by Gasteiger charge is 2.20. The Labute approximate surface area is 134 Å². The lowest BCUT2D eigenvalue weighted by atomic mass is 10.1. The first-order valence-corrected chi connectivity index (χ1v) is 8.44. The van der Waals surface area contributed by atoms with E-state index in [2.05, 4.69) is 48.3 Å². The Morgan fingerprint density at radius 3 is 2.45 bits per heavy atom. The van der Waals surface area contributed by atoms with Gasteiger partial charge in [0, 0.05) is 39.3 Å². The quantitative estimate of drug-likeness (QED) is 0.820. The number of rotatable bonds is 6. The zero-order valence-corrected chi connectivity index (χ0v) is 13.9. The third kappa shape index (κ3) is 5.68. The van der Waals surface area contributed by atoms with Gasteiger partial charge >= 0.3 is 6.03 Å². The highest BCUT2D eigenvalue weighted by atomic mass is 16.2. The van der Waals surface area contributed by atoms with Crippen molar-refractivity contribution in [2.24, 2.45) is 5.92 Å². The van der Waals surface area contributed by atoms with Crippen molar-refractivity contribution in [1.82, 2.24) is 15.1 Å². The normalized spacial score (nSPS) is 16.0. The summed E-state index contributed by atoms with van der Waals surface area (Å²) in [6, 6.07) is 10.6. The predicted molar refractivity (Wildman–Crippen MR) is 90.8 cm³/mol. The molecule has 0 radical (unpaired) electrons. The average molecular weight is 303 g/mol. The van der Waals surface area contributed by atoms with Crippen LogP contribution in [0.25, 0.3) is 0 Å². The average Bonchev–Trinajstić information content (AvgIpc) is 2.53. The number of hydrogen-bond donors (Lipinski definition) is 1. The number of carbonyl (C=O) groups excluding carboxylic acids is 1. The molecule has 1 aromatic rings. The monoisotopic (exact) mass is 303 g/mol. The van der Waals surface area contributed by atoms with Gasteiger partial charge in [-0.1, -0.05) is 44.2 Å². The molecule has 1 N–H and O–H groups in total. The van der Waals surface area contributed by atoms with Crippen molar-refractivity contribution in [2.75, 3.05) is 32.7 Å². The van der Waals surface area contributed by atoms with E-state index in [1.807, 2.05) is 11.0 Å². The molecule has 0 bridgehead atoms. The fourth-order valence-electron chi connectivity index (χ4n) is 2.77. The summed E-state index contributed by atoms with van der Waals surface area (Å²) in [7, 11) is 0. The summed E-state index contributed by atoms with van der Waals surface area (Å²) in [5.74, 6) is 0.707. The van der Waals surface area contributed by atoms with Crippen LogP contribution in [0, 0.1) is 5.92 Å². The molecule has 0 unspecified atom stereocenters. The first-order chi connectivity index (χ1) is 10.6. The molecule has 1 aromatic carbocycles. The molecule has 0 spiro atoms. The van der Waals surface area contributed by atoms with Gasteiger partial charge in [-0.05, 0) is 24.3 Å². The Hall–Kier alpha value is -1.55. The summed E-state index contributed by atoms with van der Waals surface area (Å²) < 4.78 is 0. The van der Waals surface area contributed by atoms with Crippen molar-refractivity contribution in [1.29, 1.82) is 0 Å². The van der Waals surface area contributed by atoms with Crippen LogP contribution in [0.5, 0.6) is 0 Å². The van der Waals surface area contributed by atoms with Gasteiger partial charge in [-0.15, -0.1) is 0 Å². The lowest BCUT2D eigenvalue weighted by Crippen LogP contribution is -2.51. The number of amides is 2. The predicted octanol–water partition coefficient (Wildman–Crippen LogP) is 2.95. The summed E-state index contributed by atoms with van der Waals surface area (Å²) in [6.07, 6.45) is 2.24. The maximum atomic E-state index is 12.1. The van der Waals surface area contributed by atoms with Gasteiger partial charge in [0.25, 0.3) is 0 Å². The van der Waals surface area contributed by atoms with E-state index in [9.17, 15) is 4.79 Å². The molecule has 4 nitrogen and oxygen atoms in total. The number of benzene rings is 1. The van der Waals surface area contributed by atoms with Crippen LogP contribution >= 0.6 is 0 Å². The van der Waals surface area contributed by atoms with E-state index in [1.54, 1.807) is 0 Å². The Bertz CT molecular complexity index is 439. The molecule has 2 rings (SSSR count). The van der Waals surface area contributed by atoms with Crippen LogP contribution in [-0.4, -0.2) is 48.6 Å². The molecule has 0 aromatic heterocycles. The molecule has 1 aliphatic heterocycles. The molecule has 22 heavy (non-hydrogen) atoms. The number of carbonyl (C=O) groups is 1. The maximum absolute atomic E-state index is 12.1. The van der Waals surface area contributed by atoms with Crippen molar-refractivity contribution < 1.29 is 4.79 Å². The summed E-state index contributed by atoms with van der Waals surface area (Å²) in [6.45, 7) is 9.75. The molecule has 122 valence electrons. The van der Waals surface area contributed by atoms with Gasteiger partial charge in [0.2, 0.25) is 0 Å². The molecule has 4 heteroatoms. The van der Waals surface area contributed by atoms with E-state index >= 15 is 0 Å². The fourth-order valence-corrected chi connectivity index (χ4v) is 2.77. The van der Waals surface area contributed by atoms with Gasteiger partial charge in [-0.25, -0.2) is 4.79 Å². The zero-order chi connectivity index (χ0) is 15.8. The molecule has 0 atom stereocenters. The first-order valence-electron chi connectivity index (χ1n) is 8.44.